The van der Waals surface area contributed by atoms with Gasteiger partial charge >= 0.3 is 0 Å². The molecule has 0 fully saturated rings. The van der Waals surface area contributed by atoms with E-state index in [4.69, 9.17) is 9.47 Å². The second kappa shape index (κ2) is 5.82. The van der Waals surface area contributed by atoms with Crippen molar-refractivity contribution in [3.63, 3.8) is 0 Å². The molecular formula is C16H14N2O3S2. The molecular weight excluding hydrogens is 332 g/mol. The molecule has 0 aliphatic carbocycles. The third-order valence-corrected chi connectivity index (χ3v) is 5.45. The first-order valence-corrected chi connectivity index (χ1v) is 9.01. The van der Waals surface area contributed by atoms with Crippen LogP contribution in [0.1, 0.15) is 23.0 Å². The summed E-state index contributed by atoms with van der Waals surface area (Å²) in [5.41, 5.74) is 1.03. The van der Waals surface area contributed by atoms with E-state index in [1.54, 1.807) is 6.07 Å². The van der Waals surface area contributed by atoms with Gasteiger partial charge < -0.3 is 14.0 Å². The molecule has 4 rings (SSSR count). The molecule has 3 aromatic rings. The number of rotatable bonds is 3. The average molecular weight is 346 g/mol. The summed E-state index contributed by atoms with van der Waals surface area (Å²) in [4.78, 5) is 18.0. The third-order valence-electron chi connectivity index (χ3n) is 3.55. The minimum absolute atomic E-state index is 0.198. The van der Waals surface area contributed by atoms with Gasteiger partial charge in [-0.3, -0.25) is 4.79 Å². The summed E-state index contributed by atoms with van der Waals surface area (Å²) in [5.74, 6) is 1.30. The number of benzene rings is 1. The number of aryl methyl sites for hydroxylation is 1. The van der Waals surface area contributed by atoms with E-state index in [1.165, 1.54) is 22.7 Å². The molecule has 1 aliphatic rings. The Morgan fingerprint density at radius 2 is 2.17 bits per heavy atom. The highest BCUT2D eigenvalue weighted by Gasteiger charge is 2.18. The van der Waals surface area contributed by atoms with Crippen LogP contribution >= 0.6 is 22.7 Å². The molecule has 7 heteroatoms. The van der Waals surface area contributed by atoms with Crippen molar-refractivity contribution in [2.75, 3.05) is 6.79 Å². The molecule has 0 radical (unpaired) electrons. The van der Waals surface area contributed by atoms with Gasteiger partial charge in [0.05, 0.1) is 15.1 Å². The summed E-state index contributed by atoms with van der Waals surface area (Å²) in [6.45, 7) is 3.17. The summed E-state index contributed by atoms with van der Waals surface area (Å²) >= 11 is 2.91. The van der Waals surface area contributed by atoms with Crippen LogP contribution in [0.2, 0.25) is 0 Å². The topological polar surface area (TPSA) is 52.8 Å². The minimum atomic E-state index is -0.198. The second-order valence-corrected chi connectivity index (χ2v) is 7.06. The van der Waals surface area contributed by atoms with E-state index in [2.05, 4.69) is 16.5 Å². The number of hydrogen-bond acceptors (Lipinski definition) is 5. The van der Waals surface area contributed by atoms with Gasteiger partial charge in [-0.15, -0.1) is 11.3 Å². The van der Waals surface area contributed by atoms with Gasteiger partial charge in [-0.2, -0.15) is 4.99 Å². The van der Waals surface area contributed by atoms with Crippen molar-refractivity contribution in [3.8, 4) is 11.5 Å². The molecule has 1 aromatic carbocycles. The first-order valence-electron chi connectivity index (χ1n) is 7.32. The Balaban J connectivity index is 1.89. The molecule has 0 N–H and O–H groups in total. The first kappa shape index (κ1) is 14.5. The van der Waals surface area contributed by atoms with Crippen molar-refractivity contribution < 1.29 is 14.3 Å². The lowest BCUT2D eigenvalue weighted by Gasteiger charge is -2.03. The average Bonchev–Trinajstić information content (AvgIpc) is 3.26. The van der Waals surface area contributed by atoms with Gasteiger partial charge in [-0.05, 0) is 17.9 Å². The molecule has 0 atom stereocenters. The summed E-state index contributed by atoms with van der Waals surface area (Å²) < 4.78 is 14.0. The van der Waals surface area contributed by atoms with Gasteiger partial charge in [-0.1, -0.05) is 24.3 Å². The van der Waals surface area contributed by atoms with Crippen LogP contribution in [0.5, 0.6) is 11.5 Å². The molecule has 0 spiro atoms. The maximum absolute atomic E-state index is 12.3. The molecule has 0 saturated heterocycles. The quantitative estimate of drug-likeness (QED) is 0.727. The predicted molar refractivity (Wildman–Crippen MR) is 90.4 cm³/mol. The maximum Gasteiger partial charge on any atom is 0.289 e. The van der Waals surface area contributed by atoms with E-state index in [9.17, 15) is 4.79 Å². The highest BCUT2D eigenvalue weighted by atomic mass is 32.1. The van der Waals surface area contributed by atoms with Crippen molar-refractivity contribution in [1.82, 2.24) is 4.57 Å². The lowest BCUT2D eigenvalue weighted by Crippen LogP contribution is -2.16. The normalized spacial score (nSPS) is 13.9. The summed E-state index contributed by atoms with van der Waals surface area (Å²) in [7, 11) is 0. The minimum Gasteiger partial charge on any atom is -0.454 e. The van der Waals surface area contributed by atoms with Gasteiger partial charge in [-0.25, -0.2) is 0 Å². The van der Waals surface area contributed by atoms with E-state index in [0.29, 0.717) is 9.68 Å². The van der Waals surface area contributed by atoms with Crippen molar-refractivity contribution in [2.45, 2.75) is 19.9 Å². The van der Waals surface area contributed by atoms with Crippen LogP contribution < -0.4 is 14.3 Å². The van der Waals surface area contributed by atoms with Crippen LogP contribution in [0.15, 0.2) is 34.6 Å². The van der Waals surface area contributed by atoms with Crippen LogP contribution in [0, 0.1) is 0 Å². The molecule has 23 heavy (non-hydrogen) atoms. The maximum atomic E-state index is 12.3. The zero-order valence-corrected chi connectivity index (χ0v) is 14.1. The SMILES string of the molecule is CCCn1c(=NC(=O)c2cccs2)sc2cc3c(cc21)OCO3. The molecule has 1 aliphatic heterocycles. The lowest BCUT2D eigenvalue weighted by atomic mass is 10.3. The number of nitrogens with zero attached hydrogens (tertiary/aromatic N) is 2. The van der Waals surface area contributed by atoms with Gasteiger partial charge in [0.1, 0.15) is 0 Å². The number of carbonyl (C=O) groups excluding carboxylic acids is 1. The monoisotopic (exact) mass is 346 g/mol. The van der Waals surface area contributed by atoms with E-state index < -0.39 is 0 Å². The highest BCUT2D eigenvalue weighted by molar-refractivity contribution is 7.16. The van der Waals surface area contributed by atoms with Crippen LogP contribution in [0.25, 0.3) is 10.2 Å². The number of ether oxygens (including phenoxy) is 2. The van der Waals surface area contributed by atoms with Crippen molar-refractivity contribution in [1.29, 1.82) is 0 Å². The van der Waals surface area contributed by atoms with Gasteiger partial charge in [0.2, 0.25) is 6.79 Å². The smallest absolute Gasteiger partial charge is 0.289 e. The zero-order valence-electron chi connectivity index (χ0n) is 12.4. The van der Waals surface area contributed by atoms with Crippen molar-refractivity contribution >= 4 is 38.8 Å². The Morgan fingerprint density at radius 1 is 1.35 bits per heavy atom. The number of carbonyl (C=O) groups is 1. The second-order valence-electron chi connectivity index (χ2n) is 5.10. The number of thiazole rings is 1. The van der Waals surface area contributed by atoms with Gasteiger partial charge in [0, 0.05) is 18.7 Å². The largest absolute Gasteiger partial charge is 0.454 e. The number of amides is 1. The highest BCUT2D eigenvalue weighted by Crippen LogP contribution is 2.37. The van der Waals surface area contributed by atoms with Gasteiger partial charge in [0.15, 0.2) is 16.3 Å². The number of fused-ring (bicyclic) bond motifs is 2. The number of aromatic nitrogens is 1. The molecule has 5 nitrogen and oxygen atoms in total. The fraction of sp³-hybridized carbons (Fsp3) is 0.250. The molecule has 0 saturated carbocycles. The predicted octanol–water partition coefficient (Wildman–Crippen LogP) is 3.64. The molecule has 118 valence electrons. The summed E-state index contributed by atoms with van der Waals surface area (Å²) in [5, 5.41) is 1.88. The third kappa shape index (κ3) is 2.55. The van der Waals surface area contributed by atoms with Crippen LogP contribution in [0.3, 0.4) is 0 Å². The fourth-order valence-corrected chi connectivity index (χ4v) is 4.20. The lowest BCUT2D eigenvalue weighted by molar-refractivity contribution is 0.100. The standard InChI is InChI=1S/C16H14N2O3S2/c1-2-5-18-10-7-11-12(21-9-20-11)8-14(10)23-16(18)17-15(19)13-4-3-6-22-13/h3-4,6-8H,2,5,9H2,1H3. The van der Waals surface area contributed by atoms with Crippen molar-refractivity contribution in [3.05, 3.63) is 39.3 Å². The zero-order chi connectivity index (χ0) is 15.8. The molecule has 1 amide bonds. The number of thiophene rings is 1. The molecule has 3 heterocycles. The fourth-order valence-electron chi connectivity index (χ4n) is 2.53. The Hall–Kier alpha value is -2.12. The summed E-state index contributed by atoms with van der Waals surface area (Å²) in [6.07, 6.45) is 0.959. The molecule has 2 aromatic heterocycles. The Bertz CT molecular complexity index is 938. The van der Waals surface area contributed by atoms with E-state index >= 15 is 0 Å². The van der Waals surface area contributed by atoms with Crippen molar-refractivity contribution in [2.24, 2.45) is 4.99 Å². The van der Waals surface area contributed by atoms with E-state index in [1.807, 2.05) is 23.6 Å². The Labute approximate surface area is 140 Å². The molecule has 0 bridgehead atoms. The Kier molecular flexibility index (Phi) is 3.66. The first-order chi connectivity index (χ1) is 11.3. The molecule has 0 unspecified atom stereocenters. The van der Waals surface area contributed by atoms with E-state index in [0.717, 1.165) is 34.7 Å². The van der Waals surface area contributed by atoms with Crippen LogP contribution in [-0.4, -0.2) is 17.3 Å². The van der Waals surface area contributed by atoms with Crippen LogP contribution in [0.4, 0.5) is 0 Å². The van der Waals surface area contributed by atoms with Gasteiger partial charge in [0.25, 0.3) is 5.91 Å². The van der Waals surface area contributed by atoms with Crippen LogP contribution in [-0.2, 0) is 6.54 Å². The summed E-state index contributed by atoms with van der Waals surface area (Å²) in [6, 6.07) is 7.59. The van der Waals surface area contributed by atoms with E-state index in [-0.39, 0.29) is 12.7 Å². The Morgan fingerprint density at radius 3 is 2.91 bits per heavy atom. The number of hydrogen-bond donors (Lipinski definition) is 0.